The Bertz CT molecular complexity index is 629. The second-order valence-electron chi connectivity index (χ2n) is 3.57. The van der Waals surface area contributed by atoms with Gasteiger partial charge in [-0.3, -0.25) is 0 Å². The van der Waals surface area contributed by atoms with Gasteiger partial charge in [-0.05, 0) is 46.3 Å². The Morgan fingerprint density at radius 2 is 1.75 bits per heavy atom. The summed E-state index contributed by atoms with van der Waals surface area (Å²) in [5, 5.41) is 1.15. The van der Waals surface area contributed by atoms with Gasteiger partial charge in [0.25, 0.3) is 0 Å². The van der Waals surface area contributed by atoms with Gasteiger partial charge in [0.1, 0.15) is 10.3 Å². The van der Waals surface area contributed by atoms with Gasteiger partial charge in [0, 0.05) is 17.3 Å². The van der Waals surface area contributed by atoms with Crippen molar-refractivity contribution in [3.63, 3.8) is 0 Å². The standard InChI is InChI=1S/C13H9BrN2/c14-12-7-6-10-8-9-16(13(10)15-12)11-4-2-1-3-5-11/h1-9H. The molecule has 3 heteroatoms. The molecule has 3 rings (SSSR count). The van der Waals surface area contributed by atoms with Gasteiger partial charge in [0.2, 0.25) is 0 Å². The molecule has 2 heterocycles. The summed E-state index contributed by atoms with van der Waals surface area (Å²) in [7, 11) is 0. The summed E-state index contributed by atoms with van der Waals surface area (Å²) in [6.07, 6.45) is 2.04. The lowest BCUT2D eigenvalue weighted by Crippen LogP contribution is -1.93. The monoisotopic (exact) mass is 272 g/mol. The number of rotatable bonds is 1. The number of benzene rings is 1. The first kappa shape index (κ1) is 9.60. The largest absolute Gasteiger partial charge is 0.301 e. The molecule has 0 unspecified atom stereocenters. The van der Waals surface area contributed by atoms with Gasteiger partial charge in [-0.25, -0.2) is 4.98 Å². The summed E-state index contributed by atoms with van der Waals surface area (Å²) in [6.45, 7) is 0. The zero-order chi connectivity index (χ0) is 11.0. The first-order chi connectivity index (χ1) is 7.84. The van der Waals surface area contributed by atoms with Gasteiger partial charge in [0.15, 0.2) is 0 Å². The number of hydrogen-bond acceptors (Lipinski definition) is 1. The number of nitrogens with zero attached hydrogens (tertiary/aromatic N) is 2. The second kappa shape index (κ2) is 3.76. The highest BCUT2D eigenvalue weighted by atomic mass is 79.9. The van der Waals surface area contributed by atoms with Gasteiger partial charge in [-0.2, -0.15) is 0 Å². The Morgan fingerprint density at radius 3 is 2.56 bits per heavy atom. The molecular formula is C13H9BrN2. The van der Waals surface area contributed by atoms with Crippen molar-refractivity contribution >= 4 is 27.0 Å². The molecule has 78 valence electrons. The number of pyridine rings is 1. The third-order valence-electron chi connectivity index (χ3n) is 2.54. The maximum Gasteiger partial charge on any atom is 0.145 e. The van der Waals surface area contributed by atoms with E-state index in [9.17, 15) is 0 Å². The van der Waals surface area contributed by atoms with Crippen molar-refractivity contribution in [3.8, 4) is 5.69 Å². The van der Waals surface area contributed by atoms with E-state index in [1.165, 1.54) is 0 Å². The van der Waals surface area contributed by atoms with Gasteiger partial charge in [-0.15, -0.1) is 0 Å². The van der Waals surface area contributed by atoms with Crippen LogP contribution in [0.2, 0.25) is 0 Å². The molecule has 1 aromatic carbocycles. The number of halogens is 1. The van der Waals surface area contributed by atoms with Crippen LogP contribution in [-0.4, -0.2) is 9.55 Å². The van der Waals surface area contributed by atoms with Gasteiger partial charge in [0.05, 0.1) is 0 Å². The summed E-state index contributed by atoms with van der Waals surface area (Å²) < 4.78 is 2.94. The minimum atomic E-state index is 0.857. The molecular weight excluding hydrogens is 264 g/mol. The van der Waals surface area contributed by atoms with E-state index >= 15 is 0 Å². The maximum atomic E-state index is 4.49. The van der Waals surface area contributed by atoms with Crippen molar-refractivity contribution in [2.75, 3.05) is 0 Å². The Hall–Kier alpha value is -1.61. The summed E-state index contributed by atoms with van der Waals surface area (Å²) >= 11 is 3.40. The number of para-hydroxylation sites is 1. The molecule has 0 saturated heterocycles. The first-order valence-corrected chi connectivity index (χ1v) is 5.83. The topological polar surface area (TPSA) is 17.8 Å². The minimum Gasteiger partial charge on any atom is -0.301 e. The fourth-order valence-electron chi connectivity index (χ4n) is 1.78. The first-order valence-electron chi connectivity index (χ1n) is 5.03. The van der Waals surface area contributed by atoms with Crippen LogP contribution in [0.3, 0.4) is 0 Å². The Morgan fingerprint density at radius 1 is 0.938 bits per heavy atom. The van der Waals surface area contributed by atoms with Crippen LogP contribution in [0.25, 0.3) is 16.7 Å². The molecule has 2 aromatic heterocycles. The van der Waals surface area contributed by atoms with Crippen molar-refractivity contribution in [2.45, 2.75) is 0 Å². The van der Waals surface area contributed by atoms with E-state index < -0.39 is 0 Å². The smallest absolute Gasteiger partial charge is 0.145 e. The zero-order valence-corrected chi connectivity index (χ0v) is 10.1. The average Bonchev–Trinajstić information content (AvgIpc) is 2.73. The van der Waals surface area contributed by atoms with E-state index in [2.05, 4.69) is 49.7 Å². The van der Waals surface area contributed by atoms with Gasteiger partial charge >= 0.3 is 0 Å². The molecule has 0 aliphatic heterocycles. The van der Waals surface area contributed by atoms with Crippen LogP contribution in [0.1, 0.15) is 0 Å². The SMILES string of the molecule is Brc1ccc2ccn(-c3ccccc3)c2n1. The lowest BCUT2D eigenvalue weighted by Gasteiger charge is -2.03. The predicted octanol–water partition coefficient (Wildman–Crippen LogP) is 3.79. The molecule has 0 amide bonds. The average molecular weight is 273 g/mol. The van der Waals surface area contributed by atoms with E-state index in [1.54, 1.807) is 0 Å². The fourth-order valence-corrected chi connectivity index (χ4v) is 2.08. The number of aromatic nitrogens is 2. The third kappa shape index (κ3) is 1.53. The molecule has 0 bridgehead atoms. The molecule has 0 saturated carbocycles. The van der Waals surface area contributed by atoms with Crippen LogP contribution >= 0.6 is 15.9 Å². The quantitative estimate of drug-likeness (QED) is 0.617. The molecule has 3 aromatic rings. The Kier molecular flexibility index (Phi) is 2.26. The van der Waals surface area contributed by atoms with Crippen molar-refractivity contribution in [3.05, 3.63) is 59.3 Å². The highest BCUT2D eigenvalue weighted by molar-refractivity contribution is 9.10. The summed E-state index contributed by atoms with van der Waals surface area (Å²) in [5.74, 6) is 0. The maximum absolute atomic E-state index is 4.49. The molecule has 2 nitrogen and oxygen atoms in total. The van der Waals surface area contributed by atoms with Crippen LogP contribution in [0, 0.1) is 0 Å². The van der Waals surface area contributed by atoms with Crippen LogP contribution in [0.5, 0.6) is 0 Å². The van der Waals surface area contributed by atoms with Crippen molar-refractivity contribution in [1.29, 1.82) is 0 Å². The molecule has 0 N–H and O–H groups in total. The van der Waals surface area contributed by atoms with Crippen LogP contribution in [-0.2, 0) is 0 Å². The fraction of sp³-hybridized carbons (Fsp3) is 0. The molecule has 0 fully saturated rings. The van der Waals surface area contributed by atoms with Crippen LogP contribution in [0.15, 0.2) is 59.3 Å². The van der Waals surface area contributed by atoms with Crippen LogP contribution in [0.4, 0.5) is 0 Å². The second-order valence-corrected chi connectivity index (χ2v) is 4.38. The molecule has 0 aliphatic carbocycles. The van der Waals surface area contributed by atoms with Gasteiger partial charge in [-0.1, -0.05) is 18.2 Å². The lowest BCUT2D eigenvalue weighted by atomic mass is 10.3. The van der Waals surface area contributed by atoms with Crippen molar-refractivity contribution in [1.82, 2.24) is 9.55 Å². The van der Waals surface area contributed by atoms with Gasteiger partial charge < -0.3 is 4.57 Å². The zero-order valence-electron chi connectivity index (χ0n) is 8.47. The van der Waals surface area contributed by atoms with Crippen LogP contribution < -0.4 is 0 Å². The van der Waals surface area contributed by atoms with E-state index in [0.29, 0.717) is 0 Å². The van der Waals surface area contributed by atoms with Crippen molar-refractivity contribution < 1.29 is 0 Å². The van der Waals surface area contributed by atoms with E-state index in [-0.39, 0.29) is 0 Å². The summed E-state index contributed by atoms with van der Waals surface area (Å²) in [4.78, 5) is 4.49. The highest BCUT2D eigenvalue weighted by Gasteiger charge is 2.04. The Balaban J connectivity index is 2.29. The third-order valence-corrected chi connectivity index (χ3v) is 2.98. The van der Waals surface area contributed by atoms with E-state index in [0.717, 1.165) is 21.3 Å². The molecule has 0 atom stereocenters. The predicted molar refractivity (Wildman–Crippen MR) is 68.8 cm³/mol. The molecule has 0 spiro atoms. The molecule has 0 aliphatic rings. The summed E-state index contributed by atoms with van der Waals surface area (Å²) in [6, 6.07) is 16.3. The van der Waals surface area contributed by atoms with E-state index in [4.69, 9.17) is 0 Å². The normalized spacial score (nSPS) is 10.8. The number of fused-ring (bicyclic) bond motifs is 1. The van der Waals surface area contributed by atoms with Crippen molar-refractivity contribution in [2.24, 2.45) is 0 Å². The molecule has 16 heavy (non-hydrogen) atoms. The Labute approximate surface area is 102 Å². The molecule has 0 radical (unpaired) electrons. The highest BCUT2D eigenvalue weighted by Crippen LogP contribution is 2.20. The minimum absolute atomic E-state index is 0.857. The van der Waals surface area contributed by atoms with E-state index in [1.807, 2.05) is 30.5 Å². The lowest BCUT2D eigenvalue weighted by molar-refractivity contribution is 1.09. The number of hydrogen-bond donors (Lipinski definition) is 0. The summed E-state index contributed by atoms with van der Waals surface area (Å²) in [5.41, 5.74) is 2.10.